The summed E-state index contributed by atoms with van der Waals surface area (Å²) in [4.78, 5) is 21.0. The molecule has 0 N–H and O–H groups in total. The molecule has 0 amide bonds. The van der Waals surface area contributed by atoms with Gasteiger partial charge in [-0.1, -0.05) is 0 Å². The molecule has 2 rings (SSSR count). The molecule has 0 aliphatic carbocycles. The predicted octanol–water partition coefficient (Wildman–Crippen LogP) is -0.502. The summed E-state index contributed by atoms with van der Waals surface area (Å²) < 4.78 is 27.2. The number of hydrogen-bond donors (Lipinski definition) is 0. The molecule has 0 bridgehead atoms. The summed E-state index contributed by atoms with van der Waals surface area (Å²) in [5.74, 6) is 0.111. The highest BCUT2D eigenvalue weighted by Gasteiger charge is 2.23. The number of methoxy groups -OCH3 is 1. The smallest absolute Gasteiger partial charge is 0.376 e. The SMILES string of the molecule is COC(=O)c1nccc(N2CCS(=O)(=O)CC2)n1. The van der Waals surface area contributed by atoms with E-state index in [0.717, 1.165) is 0 Å². The van der Waals surface area contributed by atoms with Crippen molar-refractivity contribution in [2.24, 2.45) is 0 Å². The van der Waals surface area contributed by atoms with E-state index >= 15 is 0 Å². The number of sulfone groups is 1. The lowest BCUT2D eigenvalue weighted by Gasteiger charge is -2.27. The number of aromatic nitrogens is 2. The summed E-state index contributed by atoms with van der Waals surface area (Å²) >= 11 is 0. The molecule has 0 aromatic carbocycles. The van der Waals surface area contributed by atoms with Gasteiger partial charge in [-0.05, 0) is 6.07 Å². The Morgan fingerprint density at radius 2 is 2.06 bits per heavy atom. The van der Waals surface area contributed by atoms with Gasteiger partial charge in [-0.2, -0.15) is 0 Å². The van der Waals surface area contributed by atoms with Crippen LogP contribution in [-0.2, 0) is 14.6 Å². The van der Waals surface area contributed by atoms with Gasteiger partial charge < -0.3 is 9.64 Å². The second-order valence-electron chi connectivity index (χ2n) is 3.87. The van der Waals surface area contributed by atoms with E-state index in [1.807, 2.05) is 4.90 Å². The molecule has 0 atom stereocenters. The second kappa shape index (κ2) is 4.89. The Morgan fingerprint density at radius 3 is 2.67 bits per heavy atom. The van der Waals surface area contributed by atoms with Gasteiger partial charge in [0.1, 0.15) is 5.82 Å². The van der Waals surface area contributed by atoms with Gasteiger partial charge in [0.15, 0.2) is 9.84 Å². The van der Waals surface area contributed by atoms with Crippen LogP contribution in [0.1, 0.15) is 10.6 Å². The fraction of sp³-hybridized carbons (Fsp3) is 0.500. The lowest BCUT2D eigenvalue weighted by Crippen LogP contribution is -2.40. The summed E-state index contributed by atoms with van der Waals surface area (Å²) in [6, 6.07) is 1.64. The zero-order valence-electron chi connectivity index (χ0n) is 9.87. The van der Waals surface area contributed by atoms with Crippen molar-refractivity contribution in [2.45, 2.75) is 0 Å². The number of rotatable bonds is 2. The Morgan fingerprint density at radius 1 is 1.39 bits per heavy atom. The molecule has 0 radical (unpaired) electrons. The lowest BCUT2D eigenvalue weighted by atomic mass is 10.4. The van der Waals surface area contributed by atoms with Crippen LogP contribution >= 0.6 is 0 Å². The van der Waals surface area contributed by atoms with Gasteiger partial charge in [-0.15, -0.1) is 0 Å². The summed E-state index contributed by atoms with van der Waals surface area (Å²) in [5.41, 5.74) is 0. The maximum absolute atomic E-state index is 11.3. The van der Waals surface area contributed by atoms with Gasteiger partial charge >= 0.3 is 5.97 Å². The Labute approximate surface area is 105 Å². The highest BCUT2D eigenvalue weighted by atomic mass is 32.2. The monoisotopic (exact) mass is 271 g/mol. The summed E-state index contributed by atoms with van der Waals surface area (Å²) in [5, 5.41) is 0. The third-order valence-corrected chi connectivity index (χ3v) is 4.29. The van der Waals surface area contributed by atoms with E-state index in [9.17, 15) is 13.2 Å². The molecule has 7 nitrogen and oxygen atoms in total. The number of anilines is 1. The van der Waals surface area contributed by atoms with E-state index in [4.69, 9.17) is 0 Å². The molecule has 2 heterocycles. The Kier molecular flexibility index (Phi) is 3.46. The minimum absolute atomic E-state index is 0.0246. The fourth-order valence-corrected chi connectivity index (χ4v) is 2.86. The van der Waals surface area contributed by atoms with Gasteiger partial charge in [-0.3, -0.25) is 0 Å². The van der Waals surface area contributed by atoms with Crippen molar-refractivity contribution in [1.82, 2.24) is 9.97 Å². The highest BCUT2D eigenvalue weighted by Crippen LogP contribution is 2.14. The van der Waals surface area contributed by atoms with Crippen molar-refractivity contribution in [2.75, 3.05) is 36.6 Å². The maximum Gasteiger partial charge on any atom is 0.376 e. The second-order valence-corrected chi connectivity index (χ2v) is 6.17. The first-order valence-corrected chi connectivity index (χ1v) is 7.21. The first-order valence-electron chi connectivity index (χ1n) is 5.38. The normalized spacial score (nSPS) is 18.4. The van der Waals surface area contributed by atoms with Crippen LogP contribution in [0.2, 0.25) is 0 Å². The third kappa shape index (κ3) is 2.76. The van der Waals surface area contributed by atoms with Crippen LogP contribution in [0.5, 0.6) is 0 Å². The van der Waals surface area contributed by atoms with Crippen LogP contribution in [0.3, 0.4) is 0 Å². The van der Waals surface area contributed by atoms with Gasteiger partial charge in [0.25, 0.3) is 0 Å². The van der Waals surface area contributed by atoms with Crippen molar-refractivity contribution in [3.63, 3.8) is 0 Å². The largest absolute Gasteiger partial charge is 0.463 e. The van der Waals surface area contributed by atoms with Crippen molar-refractivity contribution in [3.8, 4) is 0 Å². The number of nitrogens with zero attached hydrogens (tertiary/aromatic N) is 3. The molecule has 98 valence electrons. The number of carbonyl (C=O) groups is 1. The molecule has 1 aromatic rings. The van der Waals surface area contributed by atoms with Crippen LogP contribution < -0.4 is 4.90 Å². The predicted molar refractivity (Wildman–Crippen MR) is 64.2 cm³/mol. The molecule has 0 spiro atoms. The van der Waals surface area contributed by atoms with E-state index < -0.39 is 15.8 Å². The number of ether oxygens (including phenoxy) is 1. The number of esters is 1. The number of carbonyl (C=O) groups excluding carboxylic acids is 1. The summed E-state index contributed by atoms with van der Waals surface area (Å²) in [6.45, 7) is 0.750. The zero-order chi connectivity index (χ0) is 13.2. The highest BCUT2D eigenvalue weighted by molar-refractivity contribution is 7.91. The van der Waals surface area contributed by atoms with E-state index in [0.29, 0.717) is 18.9 Å². The Bertz CT molecular complexity index is 544. The van der Waals surface area contributed by atoms with Crippen molar-refractivity contribution in [1.29, 1.82) is 0 Å². The average Bonchev–Trinajstić information content (AvgIpc) is 2.38. The van der Waals surface area contributed by atoms with Crippen LogP contribution in [-0.4, -0.2) is 56.1 Å². The summed E-state index contributed by atoms with van der Waals surface area (Å²) in [6.07, 6.45) is 1.46. The lowest BCUT2D eigenvalue weighted by molar-refractivity contribution is 0.0586. The third-order valence-electron chi connectivity index (χ3n) is 2.68. The molecule has 1 aliphatic rings. The van der Waals surface area contributed by atoms with Gasteiger partial charge in [0.05, 0.1) is 18.6 Å². The maximum atomic E-state index is 11.3. The van der Waals surface area contributed by atoms with E-state index in [2.05, 4.69) is 14.7 Å². The van der Waals surface area contributed by atoms with Crippen LogP contribution in [0.4, 0.5) is 5.82 Å². The quantitative estimate of drug-likeness (QED) is 0.670. The number of hydrogen-bond acceptors (Lipinski definition) is 7. The van der Waals surface area contributed by atoms with E-state index in [1.165, 1.54) is 13.3 Å². The fourth-order valence-electron chi connectivity index (χ4n) is 1.66. The van der Waals surface area contributed by atoms with Crippen molar-refractivity contribution in [3.05, 3.63) is 18.1 Å². The average molecular weight is 271 g/mol. The minimum Gasteiger partial charge on any atom is -0.463 e. The van der Waals surface area contributed by atoms with E-state index in [1.54, 1.807) is 6.07 Å². The molecule has 1 aliphatic heterocycles. The summed E-state index contributed by atoms with van der Waals surface area (Å²) in [7, 11) is -1.68. The molecule has 0 saturated carbocycles. The molecule has 0 unspecified atom stereocenters. The molecular formula is C10H13N3O4S. The minimum atomic E-state index is -2.93. The molecule has 1 fully saturated rings. The first kappa shape index (κ1) is 12.7. The van der Waals surface area contributed by atoms with Crippen LogP contribution in [0.25, 0.3) is 0 Å². The standard InChI is InChI=1S/C10H13N3O4S/c1-17-10(14)9-11-3-2-8(12-9)13-4-6-18(15,16)7-5-13/h2-3H,4-7H2,1H3. The molecule has 1 saturated heterocycles. The van der Waals surface area contributed by atoms with E-state index in [-0.39, 0.29) is 17.3 Å². The molecular weight excluding hydrogens is 258 g/mol. The molecule has 8 heteroatoms. The van der Waals surface area contributed by atoms with Crippen LogP contribution in [0, 0.1) is 0 Å². The van der Waals surface area contributed by atoms with Crippen molar-refractivity contribution >= 4 is 21.6 Å². The first-order chi connectivity index (χ1) is 8.52. The van der Waals surface area contributed by atoms with Crippen molar-refractivity contribution < 1.29 is 17.9 Å². The molecule has 18 heavy (non-hydrogen) atoms. The van der Waals surface area contributed by atoms with Gasteiger partial charge in [-0.25, -0.2) is 23.2 Å². The van der Waals surface area contributed by atoms with Crippen LogP contribution in [0.15, 0.2) is 12.3 Å². The van der Waals surface area contributed by atoms with Gasteiger partial charge in [0, 0.05) is 19.3 Å². The topological polar surface area (TPSA) is 89.5 Å². The van der Waals surface area contributed by atoms with Gasteiger partial charge in [0.2, 0.25) is 5.82 Å². The Hall–Kier alpha value is -1.70. The Balaban J connectivity index is 2.17. The zero-order valence-corrected chi connectivity index (χ0v) is 10.7. The molecule has 1 aromatic heterocycles.